The molecule has 2 N–H and O–H groups in total. The second kappa shape index (κ2) is 11.5. The zero-order valence-electron chi connectivity index (χ0n) is 14.6. The van der Waals surface area contributed by atoms with Gasteiger partial charge in [-0.25, -0.2) is 0 Å². The molecule has 0 saturated carbocycles. The molecule has 1 atom stereocenters. The van der Waals surface area contributed by atoms with Crippen molar-refractivity contribution in [1.29, 1.82) is 0 Å². The zero-order chi connectivity index (χ0) is 16.2. The molecule has 0 bridgehead atoms. The van der Waals surface area contributed by atoms with E-state index in [0.717, 1.165) is 64.7 Å². The fourth-order valence-electron chi connectivity index (χ4n) is 2.96. The van der Waals surface area contributed by atoms with Gasteiger partial charge in [-0.1, -0.05) is 11.6 Å². The predicted molar refractivity (Wildman–Crippen MR) is 94.9 cm³/mol. The molecule has 1 heterocycles. The number of nitrogens with zero attached hydrogens (tertiary/aromatic N) is 1. The summed E-state index contributed by atoms with van der Waals surface area (Å²) in [4.78, 5) is 4.62. The Morgan fingerprint density at radius 3 is 3.09 bits per heavy atom. The number of allylic oxidation sites excluding steroid dienone is 1. The number of hydrogen-bond acceptors (Lipinski definition) is 3. The molecule has 2 aliphatic rings. The summed E-state index contributed by atoms with van der Waals surface area (Å²) in [6.07, 6.45) is 11.1. The fourth-order valence-corrected chi connectivity index (χ4v) is 2.96. The van der Waals surface area contributed by atoms with Crippen molar-refractivity contribution < 1.29 is 9.47 Å². The molecule has 0 aromatic rings. The van der Waals surface area contributed by atoms with E-state index in [1.807, 2.05) is 0 Å². The van der Waals surface area contributed by atoms with Gasteiger partial charge >= 0.3 is 0 Å². The first-order valence-corrected chi connectivity index (χ1v) is 9.28. The molecule has 5 heteroatoms. The molecule has 0 aromatic heterocycles. The normalized spacial score (nSPS) is 22.0. The molecule has 0 spiro atoms. The number of rotatable bonds is 9. The van der Waals surface area contributed by atoms with Crippen LogP contribution in [0, 0.1) is 0 Å². The van der Waals surface area contributed by atoms with Crippen molar-refractivity contribution in [3.05, 3.63) is 11.6 Å². The van der Waals surface area contributed by atoms with Crippen LogP contribution in [0.25, 0.3) is 0 Å². The lowest BCUT2D eigenvalue weighted by Crippen LogP contribution is -2.38. The van der Waals surface area contributed by atoms with Gasteiger partial charge in [-0.05, 0) is 51.9 Å². The number of guanidine groups is 1. The monoisotopic (exact) mass is 323 g/mol. The van der Waals surface area contributed by atoms with Gasteiger partial charge in [-0.3, -0.25) is 4.99 Å². The van der Waals surface area contributed by atoms with Crippen LogP contribution in [0.3, 0.4) is 0 Å². The van der Waals surface area contributed by atoms with Crippen LogP contribution in [0.5, 0.6) is 0 Å². The maximum absolute atomic E-state index is 5.76. The molecule has 0 amide bonds. The molecule has 1 unspecified atom stereocenters. The average molecular weight is 323 g/mol. The highest BCUT2D eigenvalue weighted by atomic mass is 16.5. The van der Waals surface area contributed by atoms with Crippen molar-refractivity contribution in [2.24, 2.45) is 4.99 Å². The van der Waals surface area contributed by atoms with E-state index in [-0.39, 0.29) is 0 Å². The van der Waals surface area contributed by atoms with Gasteiger partial charge in [0.25, 0.3) is 0 Å². The van der Waals surface area contributed by atoms with Crippen molar-refractivity contribution in [2.45, 2.75) is 58.0 Å². The van der Waals surface area contributed by atoms with Crippen LogP contribution in [-0.4, -0.2) is 51.5 Å². The SMILES string of the molecule is CCNC(=NCCCOC1CCOC1)NCCC1=CCCCC1. The smallest absolute Gasteiger partial charge is 0.191 e. The second-order valence-electron chi connectivity index (χ2n) is 6.26. The lowest BCUT2D eigenvalue weighted by atomic mass is 9.97. The molecule has 1 saturated heterocycles. The Kier molecular flexibility index (Phi) is 9.11. The summed E-state index contributed by atoms with van der Waals surface area (Å²) in [5.41, 5.74) is 1.60. The number of aliphatic imine (C=N–C) groups is 1. The van der Waals surface area contributed by atoms with Gasteiger partial charge in [0, 0.05) is 32.8 Å². The molecule has 0 radical (unpaired) electrons. The summed E-state index contributed by atoms with van der Waals surface area (Å²) in [7, 11) is 0. The molecule has 2 rings (SSSR count). The van der Waals surface area contributed by atoms with Crippen molar-refractivity contribution in [3.63, 3.8) is 0 Å². The van der Waals surface area contributed by atoms with E-state index in [4.69, 9.17) is 9.47 Å². The fraction of sp³-hybridized carbons (Fsp3) is 0.833. The molecular formula is C18H33N3O2. The van der Waals surface area contributed by atoms with E-state index in [1.54, 1.807) is 5.57 Å². The minimum atomic E-state index is 0.300. The quantitative estimate of drug-likeness (QED) is 0.296. The third kappa shape index (κ3) is 7.84. The van der Waals surface area contributed by atoms with E-state index in [0.29, 0.717) is 6.10 Å². The highest BCUT2D eigenvalue weighted by Gasteiger charge is 2.15. The summed E-state index contributed by atoms with van der Waals surface area (Å²) in [6, 6.07) is 0. The first kappa shape index (κ1) is 18.3. The molecule has 132 valence electrons. The van der Waals surface area contributed by atoms with Crippen LogP contribution < -0.4 is 10.6 Å². The summed E-state index contributed by atoms with van der Waals surface area (Å²) in [5.74, 6) is 0.924. The Morgan fingerprint density at radius 2 is 2.35 bits per heavy atom. The van der Waals surface area contributed by atoms with Crippen LogP contribution in [0.1, 0.15) is 51.9 Å². The molecule has 1 fully saturated rings. The molecule has 23 heavy (non-hydrogen) atoms. The average Bonchev–Trinajstić information content (AvgIpc) is 3.09. The Hall–Kier alpha value is -1.07. The minimum absolute atomic E-state index is 0.300. The van der Waals surface area contributed by atoms with E-state index >= 15 is 0 Å². The Labute approximate surface area is 140 Å². The van der Waals surface area contributed by atoms with Crippen molar-refractivity contribution >= 4 is 5.96 Å². The number of ether oxygens (including phenoxy) is 2. The minimum Gasteiger partial charge on any atom is -0.379 e. The zero-order valence-corrected chi connectivity index (χ0v) is 14.6. The Bertz CT molecular complexity index is 376. The van der Waals surface area contributed by atoms with Crippen LogP contribution in [0.4, 0.5) is 0 Å². The van der Waals surface area contributed by atoms with Gasteiger partial charge < -0.3 is 20.1 Å². The van der Waals surface area contributed by atoms with E-state index in [9.17, 15) is 0 Å². The Balaban J connectivity index is 1.58. The highest BCUT2D eigenvalue weighted by molar-refractivity contribution is 5.79. The largest absolute Gasteiger partial charge is 0.379 e. The van der Waals surface area contributed by atoms with Crippen molar-refractivity contribution in [3.8, 4) is 0 Å². The van der Waals surface area contributed by atoms with Gasteiger partial charge in [-0.15, -0.1) is 0 Å². The summed E-state index contributed by atoms with van der Waals surface area (Å²) in [5, 5.41) is 6.75. The maximum Gasteiger partial charge on any atom is 0.191 e. The van der Waals surface area contributed by atoms with E-state index in [2.05, 4.69) is 28.6 Å². The van der Waals surface area contributed by atoms with Crippen LogP contribution >= 0.6 is 0 Å². The third-order valence-electron chi connectivity index (χ3n) is 4.28. The van der Waals surface area contributed by atoms with Crippen LogP contribution in [0.2, 0.25) is 0 Å². The van der Waals surface area contributed by atoms with Gasteiger partial charge in [0.1, 0.15) is 0 Å². The number of hydrogen-bond donors (Lipinski definition) is 2. The molecule has 0 aromatic carbocycles. The third-order valence-corrected chi connectivity index (χ3v) is 4.28. The van der Waals surface area contributed by atoms with Gasteiger partial charge in [0.2, 0.25) is 0 Å². The molecular weight excluding hydrogens is 290 g/mol. The summed E-state index contributed by atoms with van der Waals surface area (Å²) >= 11 is 0. The van der Waals surface area contributed by atoms with Crippen LogP contribution in [0.15, 0.2) is 16.6 Å². The lowest BCUT2D eigenvalue weighted by Gasteiger charge is -2.15. The summed E-state index contributed by atoms with van der Waals surface area (Å²) in [6.45, 7) is 7.12. The topological polar surface area (TPSA) is 54.9 Å². The van der Waals surface area contributed by atoms with E-state index in [1.165, 1.54) is 25.7 Å². The number of nitrogens with one attached hydrogen (secondary N) is 2. The van der Waals surface area contributed by atoms with E-state index < -0.39 is 0 Å². The van der Waals surface area contributed by atoms with Crippen molar-refractivity contribution in [1.82, 2.24) is 10.6 Å². The van der Waals surface area contributed by atoms with Gasteiger partial charge in [0.05, 0.1) is 12.7 Å². The molecule has 1 aliphatic carbocycles. The summed E-state index contributed by atoms with van der Waals surface area (Å²) < 4.78 is 11.1. The molecule has 5 nitrogen and oxygen atoms in total. The Morgan fingerprint density at radius 1 is 1.39 bits per heavy atom. The maximum atomic E-state index is 5.76. The highest BCUT2D eigenvalue weighted by Crippen LogP contribution is 2.19. The first-order valence-electron chi connectivity index (χ1n) is 9.28. The van der Waals surface area contributed by atoms with Gasteiger partial charge in [0.15, 0.2) is 5.96 Å². The predicted octanol–water partition coefficient (Wildman–Crippen LogP) is 2.63. The second-order valence-corrected chi connectivity index (χ2v) is 6.26. The van der Waals surface area contributed by atoms with Gasteiger partial charge in [-0.2, -0.15) is 0 Å². The van der Waals surface area contributed by atoms with Crippen molar-refractivity contribution in [2.75, 3.05) is 39.5 Å². The lowest BCUT2D eigenvalue weighted by molar-refractivity contribution is 0.0424. The molecule has 1 aliphatic heterocycles. The van der Waals surface area contributed by atoms with Crippen LogP contribution in [-0.2, 0) is 9.47 Å². The standard InChI is InChI=1S/C18H33N3O2/c1-2-19-18(21-12-9-16-7-4-3-5-8-16)20-11-6-13-23-17-10-14-22-15-17/h7,17H,2-6,8-15H2,1H3,(H2,19,20,21). The first-order chi connectivity index (χ1) is 11.4.